The Morgan fingerprint density at radius 3 is 2.72 bits per heavy atom. The fraction of sp³-hybridized carbons (Fsp3) is 0.478. The number of allylic oxidation sites excluding steroid dienone is 2. The molecule has 4 rings (SSSR count). The minimum Gasteiger partial charge on any atom is -0.481 e. The standard InChI is InChI=1S/C23H27ClN2O3/c1-15(2)19-13-25(11-10-21(27)28)22(29)26(3)14-23(19,26)17-8-9-18(20(24)12-17)16-6-4-5-7-16/h6,8-9,12-13,15H,4-5,7,10-11,14H2,1-3H3/p+1/t23-,26?/m1/s1. The van der Waals surface area contributed by atoms with E-state index in [1.54, 1.807) is 4.90 Å². The summed E-state index contributed by atoms with van der Waals surface area (Å²) in [5.41, 5.74) is 4.23. The van der Waals surface area contributed by atoms with Gasteiger partial charge in [-0.25, -0.2) is 9.28 Å². The van der Waals surface area contributed by atoms with Crippen molar-refractivity contribution < 1.29 is 19.2 Å². The molecular formula is C23H28ClN2O3+. The number of urea groups is 1. The van der Waals surface area contributed by atoms with E-state index in [9.17, 15) is 9.59 Å². The van der Waals surface area contributed by atoms with Gasteiger partial charge in [0.25, 0.3) is 0 Å². The molecule has 1 aliphatic carbocycles. The molecule has 0 radical (unpaired) electrons. The number of hydrogen-bond donors (Lipinski definition) is 1. The molecule has 1 saturated heterocycles. The first-order valence-corrected chi connectivity index (χ1v) is 10.7. The molecule has 2 aliphatic heterocycles. The number of amides is 2. The van der Waals surface area contributed by atoms with Crippen molar-refractivity contribution in [1.82, 2.24) is 4.90 Å². The van der Waals surface area contributed by atoms with Crippen molar-refractivity contribution in [2.24, 2.45) is 5.92 Å². The molecule has 154 valence electrons. The summed E-state index contributed by atoms with van der Waals surface area (Å²) >= 11 is 6.70. The summed E-state index contributed by atoms with van der Waals surface area (Å²) in [5, 5.41) is 9.78. The first-order chi connectivity index (χ1) is 13.7. The molecule has 1 fully saturated rings. The summed E-state index contributed by atoms with van der Waals surface area (Å²) in [6.07, 6.45) is 7.44. The lowest BCUT2D eigenvalue weighted by Gasteiger charge is -2.34. The van der Waals surface area contributed by atoms with Crippen LogP contribution in [0.25, 0.3) is 5.57 Å². The predicted molar refractivity (Wildman–Crippen MR) is 113 cm³/mol. The molecule has 0 bridgehead atoms. The average molecular weight is 416 g/mol. The Bertz CT molecular complexity index is 951. The summed E-state index contributed by atoms with van der Waals surface area (Å²) in [4.78, 5) is 25.8. The number of carboxylic acid groups (broad SMARTS) is 1. The fourth-order valence-electron chi connectivity index (χ4n) is 5.14. The molecule has 0 spiro atoms. The van der Waals surface area contributed by atoms with Crippen LogP contribution >= 0.6 is 11.6 Å². The molecule has 0 aromatic heterocycles. The van der Waals surface area contributed by atoms with Crippen molar-refractivity contribution in [3.05, 3.63) is 52.2 Å². The van der Waals surface area contributed by atoms with Crippen LogP contribution < -0.4 is 0 Å². The molecule has 3 aliphatic rings. The molecule has 0 saturated carbocycles. The van der Waals surface area contributed by atoms with Crippen molar-refractivity contribution in [2.45, 2.75) is 45.1 Å². The van der Waals surface area contributed by atoms with Gasteiger partial charge in [-0.3, -0.25) is 9.69 Å². The zero-order chi connectivity index (χ0) is 21.0. The highest BCUT2D eigenvalue weighted by atomic mass is 35.5. The minimum absolute atomic E-state index is 0.0469. The van der Waals surface area contributed by atoms with E-state index in [4.69, 9.17) is 16.7 Å². The van der Waals surface area contributed by atoms with Crippen LogP contribution in [0.3, 0.4) is 0 Å². The third kappa shape index (κ3) is 3.03. The number of nitrogens with zero attached hydrogens (tertiary/aromatic N) is 2. The molecule has 1 aromatic rings. The lowest BCUT2D eigenvalue weighted by molar-refractivity contribution is -0.729. The molecule has 29 heavy (non-hydrogen) atoms. The Balaban J connectivity index is 1.75. The molecule has 1 aromatic carbocycles. The summed E-state index contributed by atoms with van der Waals surface area (Å²) in [6, 6.07) is 6.22. The first-order valence-electron chi connectivity index (χ1n) is 10.3. The van der Waals surface area contributed by atoms with Crippen LogP contribution in [0.2, 0.25) is 5.02 Å². The van der Waals surface area contributed by atoms with Gasteiger partial charge in [-0.15, -0.1) is 0 Å². The third-order valence-corrected chi connectivity index (χ3v) is 7.06. The van der Waals surface area contributed by atoms with Gasteiger partial charge in [0.1, 0.15) is 0 Å². The number of carbonyl (C=O) groups excluding carboxylic acids is 1. The van der Waals surface area contributed by atoms with E-state index in [0.717, 1.165) is 34.6 Å². The molecule has 6 heteroatoms. The molecule has 5 nitrogen and oxygen atoms in total. The lowest BCUT2D eigenvalue weighted by Crippen LogP contribution is -2.50. The number of quaternary nitrogens is 1. The molecule has 1 N–H and O–H groups in total. The van der Waals surface area contributed by atoms with Gasteiger partial charge in [0.2, 0.25) is 5.54 Å². The Hall–Kier alpha value is -2.11. The Morgan fingerprint density at radius 2 is 2.14 bits per heavy atom. The topological polar surface area (TPSA) is 57.6 Å². The maximum absolute atomic E-state index is 13.2. The maximum atomic E-state index is 13.2. The number of rotatable bonds is 6. The van der Waals surface area contributed by atoms with Crippen LogP contribution in [0.5, 0.6) is 0 Å². The second kappa shape index (κ2) is 6.99. The summed E-state index contributed by atoms with van der Waals surface area (Å²) in [6.45, 7) is 5.13. The van der Waals surface area contributed by atoms with E-state index in [2.05, 4.69) is 32.1 Å². The number of carbonyl (C=O) groups is 2. The van der Waals surface area contributed by atoms with Gasteiger partial charge in [0, 0.05) is 28.9 Å². The van der Waals surface area contributed by atoms with E-state index in [1.807, 2.05) is 19.3 Å². The number of hydrogen-bond acceptors (Lipinski definition) is 2. The largest absolute Gasteiger partial charge is 0.481 e. The molecule has 1 unspecified atom stereocenters. The zero-order valence-electron chi connectivity index (χ0n) is 17.2. The molecule has 2 heterocycles. The number of aliphatic carboxylic acids is 1. The van der Waals surface area contributed by atoms with Crippen LogP contribution in [-0.4, -0.2) is 46.6 Å². The lowest BCUT2D eigenvalue weighted by atomic mass is 9.82. The SMILES string of the molecule is CC(C)C1=CN(CCC(=O)O)C(=O)[N+]2(C)C[C@@]12c1ccc(C2=CCCC2)c(Cl)c1. The van der Waals surface area contributed by atoms with Crippen LogP contribution in [0, 0.1) is 5.92 Å². The van der Waals surface area contributed by atoms with Gasteiger partial charge in [-0.05, 0) is 42.4 Å². The number of carboxylic acids is 1. The van der Waals surface area contributed by atoms with Crippen molar-refractivity contribution in [3.8, 4) is 0 Å². The van der Waals surface area contributed by atoms with E-state index in [-0.39, 0.29) is 29.4 Å². The highest BCUT2D eigenvalue weighted by Gasteiger charge is 2.77. The monoisotopic (exact) mass is 415 g/mol. The van der Waals surface area contributed by atoms with Crippen molar-refractivity contribution in [2.75, 3.05) is 20.1 Å². The van der Waals surface area contributed by atoms with Gasteiger partial charge in [-0.1, -0.05) is 43.7 Å². The molecular weight excluding hydrogens is 388 g/mol. The summed E-state index contributed by atoms with van der Waals surface area (Å²) in [5.74, 6) is -0.669. The average Bonchev–Trinajstić information content (AvgIpc) is 3.02. The van der Waals surface area contributed by atoms with Gasteiger partial charge in [-0.2, -0.15) is 0 Å². The normalized spacial score (nSPS) is 28.3. The quantitative estimate of drug-likeness (QED) is 0.524. The Kier molecular flexibility index (Phi) is 4.87. The van der Waals surface area contributed by atoms with Crippen molar-refractivity contribution in [3.63, 3.8) is 0 Å². The first kappa shape index (κ1) is 20.2. The number of likely N-dealkylation sites (N-methyl/N-ethyl adjacent to an activating group) is 1. The number of benzene rings is 1. The van der Waals surface area contributed by atoms with Gasteiger partial charge in [0.15, 0.2) is 6.54 Å². The highest BCUT2D eigenvalue weighted by molar-refractivity contribution is 6.32. The van der Waals surface area contributed by atoms with Crippen LogP contribution in [0.15, 0.2) is 36.0 Å². The van der Waals surface area contributed by atoms with Gasteiger partial charge in [0.05, 0.1) is 13.5 Å². The van der Waals surface area contributed by atoms with E-state index >= 15 is 0 Å². The van der Waals surface area contributed by atoms with Crippen LogP contribution in [0.1, 0.15) is 50.7 Å². The minimum atomic E-state index is -0.897. The number of halogens is 1. The Morgan fingerprint density at radius 1 is 1.38 bits per heavy atom. The van der Waals surface area contributed by atoms with E-state index in [0.29, 0.717) is 6.54 Å². The summed E-state index contributed by atoms with van der Waals surface area (Å²) < 4.78 is 0.245. The summed E-state index contributed by atoms with van der Waals surface area (Å²) in [7, 11) is 1.95. The van der Waals surface area contributed by atoms with Crippen LogP contribution in [0.4, 0.5) is 4.79 Å². The highest BCUT2D eigenvalue weighted by Crippen LogP contribution is 2.60. The predicted octanol–water partition coefficient (Wildman–Crippen LogP) is 5.01. The zero-order valence-corrected chi connectivity index (χ0v) is 18.0. The van der Waals surface area contributed by atoms with Gasteiger partial charge >= 0.3 is 12.0 Å². The third-order valence-electron chi connectivity index (χ3n) is 6.75. The van der Waals surface area contributed by atoms with Crippen molar-refractivity contribution in [1.29, 1.82) is 0 Å². The van der Waals surface area contributed by atoms with Crippen molar-refractivity contribution >= 4 is 29.2 Å². The maximum Gasteiger partial charge on any atom is 0.424 e. The smallest absolute Gasteiger partial charge is 0.424 e. The fourth-order valence-corrected chi connectivity index (χ4v) is 5.44. The number of fused-ring (bicyclic) bond motifs is 1. The van der Waals surface area contributed by atoms with E-state index in [1.165, 1.54) is 12.0 Å². The second-order valence-corrected chi connectivity index (χ2v) is 9.29. The van der Waals surface area contributed by atoms with Crippen LogP contribution in [-0.2, 0) is 10.3 Å². The Labute approximate surface area is 176 Å². The van der Waals surface area contributed by atoms with E-state index < -0.39 is 11.5 Å². The second-order valence-electron chi connectivity index (χ2n) is 8.88. The molecule has 2 amide bonds. The molecule has 2 atom stereocenters. The van der Waals surface area contributed by atoms with Gasteiger partial charge < -0.3 is 5.11 Å².